The van der Waals surface area contributed by atoms with E-state index in [0.717, 1.165) is 31.4 Å². The Labute approximate surface area is 118 Å². The van der Waals surface area contributed by atoms with E-state index >= 15 is 0 Å². The average molecular weight is 278 g/mol. The summed E-state index contributed by atoms with van der Waals surface area (Å²) in [6, 6.07) is 3.59. The minimum absolute atomic E-state index is 0.0611. The van der Waals surface area contributed by atoms with Crippen LogP contribution in [0.1, 0.15) is 37.9 Å². The van der Waals surface area contributed by atoms with Gasteiger partial charge in [0.2, 0.25) is 0 Å². The van der Waals surface area contributed by atoms with E-state index in [1.165, 1.54) is 0 Å². The molecule has 2 fully saturated rings. The van der Waals surface area contributed by atoms with Crippen molar-refractivity contribution in [3.8, 4) is 0 Å². The smallest absolute Gasteiger partial charge is 0.317 e. The summed E-state index contributed by atoms with van der Waals surface area (Å²) in [6.45, 7) is 1.72. The van der Waals surface area contributed by atoms with Crippen LogP contribution in [0.15, 0.2) is 22.8 Å². The van der Waals surface area contributed by atoms with Gasteiger partial charge in [0.15, 0.2) is 0 Å². The quantitative estimate of drug-likeness (QED) is 0.871. The van der Waals surface area contributed by atoms with Crippen molar-refractivity contribution in [1.29, 1.82) is 0 Å². The molecule has 0 unspecified atom stereocenters. The third kappa shape index (κ3) is 2.68. The molecular weight excluding hydrogens is 256 g/mol. The van der Waals surface area contributed by atoms with Crippen LogP contribution in [0.2, 0.25) is 0 Å². The van der Waals surface area contributed by atoms with Gasteiger partial charge in [0.25, 0.3) is 0 Å². The van der Waals surface area contributed by atoms with Crippen molar-refractivity contribution in [3.63, 3.8) is 0 Å². The summed E-state index contributed by atoms with van der Waals surface area (Å²) in [4.78, 5) is 14.0. The van der Waals surface area contributed by atoms with E-state index in [2.05, 4.69) is 5.32 Å². The number of urea groups is 1. The van der Waals surface area contributed by atoms with Crippen LogP contribution in [-0.4, -0.2) is 34.7 Å². The molecule has 3 rings (SSSR count). The van der Waals surface area contributed by atoms with Gasteiger partial charge in [-0.1, -0.05) is 12.8 Å². The maximum absolute atomic E-state index is 12.2. The summed E-state index contributed by atoms with van der Waals surface area (Å²) < 4.78 is 5.20. The Morgan fingerprint density at radius 2 is 2.40 bits per heavy atom. The predicted octanol–water partition coefficient (Wildman–Crippen LogP) is 2.12. The van der Waals surface area contributed by atoms with Crippen LogP contribution >= 0.6 is 0 Å². The molecule has 1 saturated heterocycles. The molecule has 5 heteroatoms. The molecule has 1 aliphatic carbocycles. The SMILES string of the molecule is O=C(NCc1ccco1)N1CC[C@]2(O)CCCC[C@@H]2C1. The van der Waals surface area contributed by atoms with E-state index in [1.54, 1.807) is 6.26 Å². The van der Waals surface area contributed by atoms with E-state index in [9.17, 15) is 9.90 Å². The van der Waals surface area contributed by atoms with Gasteiger partial charge < -0.3 is 19.7 Å². The van der Waals surface area contributed by atoms with E-state index in [1.807, 2.05) is 17.0 Å². The van der Waals surface area contributed by atoms with Gasteiger partial charge in [0.1, 0.15) is 5.76 Å². The largest absolute Gasteiger partial charge is 0.467 e. The number of nitrogens with one attached hydrogen (secondary N) is 1. The van der Waals surface area contributed by atoms with E-state index in [-0.39, 0.29) is 11.9 Å². The van der Waals surface area contributed by atoms with Crippen LogP contribution in [0.3, 0.4) is 0 Å². The molecule has 1 aromatic rings. The van der Waals surface area contributed by atoms with Gasteiger partial charge in [-0.25, -0.2) is 4.79 Å². The molecule has 1 aliphatic heterocycles. The number of carbonyl (C=O) groups is 1. The van der Waals surface area contributed by atoms with E-state index in [0.29, 0.717) is 26.1 Å². The second-order valence-electron chi connectivity index (χ2n) is 5.98. The highest BCUT2D eigenvalue weighted by Crippen LogP contribution is 2.39. The van der Waals surface area contributed by atoms with Crippen LogP contribution in [0.4, 0.5) is 4.79 Å². The van der Waals surface area contributed by atoms with E-state index in [4.69, 9.17) is 4.42 Å². The zero-order valence-electron chi connectivity index (χ0n) is 11.7. The molecule has 2 amide bonds. The number of piperidine rings is 1. The van der Waals surface area contributed by atoms with Crippen molar-refractivity contribution in [2.24, 2.45) is 5.92 Å². The number of nitrogens with zero attached hydrogens (tertiary/aromatic N) is 1. The van der Waals surface area contributed by atoms with Crippen LogP contribution in [-0.2, 0) is 6.54 Å². The fourth-order valence-corrected chi connectivity index (χ4v) is 3.44. The number of fused-ring (bicyclic) bond motifs is 1. The molecule has 110 valence electrons. The highest BCUT2D eigenvalue weighted by molar-refractivity contribution is 5.74. The summed E-state index contributed by atoms with van der Waals surface area (Å²) in [7, 11) is 0. The molecule has 20 heavy (non-hydrogen) atoms. The molecule has 5 nitrogen and oxygen atoms in total. The third-order valence-corrected chi connectivity index (χ3v) is 4.71. The number of rotatable bonds is 2. The maximum Gasteiger partial charge on any atom is 0.317 e. The van der Waals surface area contributed by atoms with Gasteiger partial charge in [0.05, 0.1) is 18.4 Å². The lowest BCUT2D eigenvalue weighted by molar-refractivity contribution is -0.0871. The zero-order chi connectivity index (χ0) is 14.0. The van der Waals surface area contributed by atoms with Crippen molar-refractivity contribution >= 4 is 6.03 Å². The fraction of sp³-hybridized carbons (Fsp3) is 0.667. The molecule has 0 aromatic carbocycles. The Balaban J connectivity index is 1.54. The third-order valence-electron chi connectivity index (χ3n) is 4.71. The second-order valence-corrected chi connectivity index (χ2v) is 5.98. The van der Waals surface area contributed by atoms with Gasteiger partial charge in [0, 0.05) is 19.0 Å². The lowest BCUT2D eigenvalue weighted by Crippen LogP contribution is -2.56. The molecule has 2 aliphatic rings. The summed E-state index contributed by atoms with van der Waals surface area (Å²) in [5, 5.41) is 13.5. The van der Waals surface area contributed by atoms with Crippen molar-refractivity contribution in [2.75, 3.05) is 13.1 Å². The minimum atomic E-state index is -0.532. The first kappa shape index (κ1) is 13.5. The van der Waals surface area contributed by atoms with Gasteiger partial charge in [-0.3, -0.25) is 0 Å². The number of amides is 2. The molecule has 0 spiro atoms. The predicted molar refractivity (Wildman–Crippen MR) is 74.0 cm³/mol. The van der Waals surface area contributed by atoms with E-state index < -0.39 is 5.60 Å². The Hall–Kier alpha value is -1.49. The van der Waals surface area contributed by atoms with Crippen molar-refractivity contribution in [3.05, 3.63) is 24.2 Å². The average Bonchev–Trinajstić information content (AvgIpc) is 2.97. The number of hydrogen-bond acceptors (Lipinski definition) is 3. The highest BCUT2D eigenvalue weighted by Gasteiger charge is 2.43. The monoisotopic (exact) mass is 278 g/mol. The molecule has 2 atom stereocenters. The molecule has 1 saturated carbocycles. The topological polar surface area (TPSA) is 65.7 Å². The zero-order valence-corrected chi connectivity index (χ0v) is 11.7. The first-order valence-corrected chi connectivity index (χ1v) is 7.45. The van der Waals surface area contributed by atoms with Crippen molar-refractivity contribution in [2.45, 2.75) is 44.2 Å². The number of carbonyl (C=O) groups excluding carboxylic acids is 1. The Morgan fingerprint density at radius 1 is 1.50 bits per heavy atom. The number of aliphatic hydroxyl groups is 1. The normalized spacial score (nSPS) is 29.9. The Bertz CT molecular complexity index is 460. The second kappa shape index (κ2) is 5.48. The van der Waals surface area contributed by atoms with Gasteiger partial charge in [-0.15, -0.1) is 0 Å². The van der Waals surface area contributed by atoms with Crippen LogP contribution in [0.5, 0.6) is 0 Å². The summed E-state index contributed by atoms with van der Waals surface area (Å²) in [6.07, 6.45) is 6.49. The minimum Gasteiger partial charge on any atom is -0.467 e. The summed E-state index contributed by atoms with van der Waals surface area (Å²) >= 11 is 0. The lowest BCUT2D eigenvalue weighted by Gasteiger charge is -2.47. The summed E-state index contributed by atoms with van der Waals surface area (Å²) in [5.41, 5.74) is -0.532. The molecule has 0 bridgehead atoms. The Morgan fingerprint density at radius 3 is 3.20 bits per heavy atom. The number of hydrogen-bond donors (Lipinski definition) is 2. The number of likely N-dealkylation sites (tertiary alicyclic amines) is 1. The first-order valence-electron chi connectivity index (χ1n) is 7.45. The fourth-order valence-electron chi connectivity index (χ4n) is 3.44. The maximum atomic E-state index is 12.2. The van der Waals surface area contributed by atoms with Crippen LogP contribution in [0, 0.1) is 5.92 Å². The number of furan rings is 1. The molecule has 2 N–H and O–H groups in total. The summed E-state index contributed by atoms with van der Waals surface area (Å²) in [5.74, 6) is 0.990. The highest BCUT2D eigenvalue weighted by atomic mass is 16.3. The van der Waals surface area contributed by atoms with Crippen molar-refractivity contribution in [1.82, 2.24) is 10.2 Å². The first-order chi connectivity index (χ1) is 9.67. The lowest BCUT2D eigenvalue weighted by atomic mass is 9.71. The Kier molecular flexibility index (Phi) is 3.70. The molecule has 0 radical (unpaired) electrons. The molecular formula is C15H22N2O3. The van der Waals surface area contributed by atoms with Crippen molar-refractivity contribution < 1.29 is 14.3 Å². The van der Waals surface area contributed by atoms with Gasteiger partial charge >= 0.3 is 6.03 Å². The molecule has 1 aromatic heterocycles. The van der Waals surface area contributed by atoms with Gasteiger partial charge in [-0.05, 0) is 31.4 Å². The molecule has 2 heterocycles. The van der Waals surface area contributed by atoms with Crippen LogP contribution < -0.4 is 5.32 Å². The standard InChI is InChI=1S/C15H22N2O3/c18-14(16-10-13-5-3-9-20-13)17-8-7-15(19)6-2-1-4-12(15)11-17/h3,5,9,12,19H,1-2,4,6-8,10-11H2,(H,16,18)/t12-,15-/m1/s1. The van der Waals surface area contributed by atoms with Gasteiger partial charge in [-0.2, -0.15) is 0 Å². The van der Waals surface area contributed by atoms with Crippen LogP contribution in [0.25, 0.3) is 0 Å².